The van der Waals surface area contributed by atoms with E-state index in [1.807, 2.05) is 48.7 Å². The summed E-state index contributed by atoms with van der Waals surface area (Å²) in [6.45, 7) is 0.709. The Morgan fingerprint density at radius 1 is 1.21 bits per heavy atom. The zero-order valence-electron chi connectivity index (χ0n) is 12.7. The molecule has 0 aliphatic carbocycles. The molecule has 0 fully saturated rings. The van der Waals surface area contributed by atoms with E-state index in [1.165, 1.54) is 0 Å². The Balaban J connectivity index is 2.08. The molecule has 0 atom stereocenters. The number of nitriles is 1. The quantitative estimate of drug-likeness (QED) is 0.426. The van der Waals surface area contributed by atoms with Crippen molar-refractivity contribution in [3.8, 4) is 6.07 Å². The first-order valence-corrected chi connectivity index (χ1v) is 8.11. The standard InChI is InChI=1S/C19H14ClN3S/c20-16-7-5-13(6-8-16)11-23-12-15(9-14(10-21)19(22)24)17-3-1-2-4-18(17)23/h1-9,12H,11H2,(H2,22,24)/b14-9-. The van der Waals surface area contributed by atoms with E-state index in [4.69, 9.17) is 29.6 Å². The lowest BCUT2D eigenvalue weighted by Gasteiger charge is -2.05. The normalized spacial score (nSPS) is 11.4. The molecule has 3 nitrogen and oxygen atoms in total. The van der Waals surface area contributed by atoms with Crippen molar-refractivity contribution in [2.45, 2.75) is 6.54 Å². The van der Waals surface area contributed by atoms with Gasteiger partial charge in [0.1, 0.15) is 11.1 Å². The van der Waals surface area contributed by atoms with E-state index in [-0.39, 0.29) is 4.99 Å². The number of hydrogen-bond donors (Lipinski definition) is 1. The summed E-state index contributed by atoms with van der Waals surface area (Å²) in [5.41, 5.74) is 9.06. The average molecular weight is 352 g/mol. The molecule has 0 radical (unpaired) electrons. The Bertz CT molecular complexity index is 978. The highest BCUT2D eigenvalue weighted by Crippen LogP contribution is 2.25. The molecule has 1 aromatic heterocycles. The van der Waals surface area contributed by atoms with Crippen LogP contribution in [0.1, 0.15) is 11.1 Å². The maximum atomic E-state index is 9.19. The van der Waals surface area contributed by atoms with Crippen molar-refractivity contribution < 1.29 is 0 Å². The Morgan fingerprint density at radius 3 is 2.58 bits per heavy atom. The summed E-state index contributed by atoms with van der Waals surface area (Å²) >= 11 is 10.9. The molecule has 0 amide bonds. The third kappa shape index (κ3) is 3.33. The number of benzene rings is 2. The lowest BCUT2D eigenvalue weighted by atomic mass is 10.1. The lowest BCUT2D eigenvalue weighted by Crippen LogP contribution is -2.09. The summed E-state index contributed by atoms with van der Waals surface area (Å²) in [7, 11) is 0. The maximum Gasteiger partial charge on any atom is 0.114 e. The van der Waals surface area contributed by atoms with E-state index >= 15 is 0 Å². The molecule has 3 aromatic rings. The minimum atomic E-state index is 0.104. The summed E-state index contributed by atoms with van der Waals surface area (Å²) in [4.78, 5) is 0.104. The van der Waals surface area contributed by atoms with Crippen LogP contribution in [0.2, 0.25) is 5.02 Å². The number of fused-ring (bicyclic) bond motifs is 1. The van der Waals surface area contributed by atoms with Crippen LogP contribution in [0.15, 0.2) is 60.3 Å². The molecule has 24 heavy (non-hydrogen) atoms. The molecular weight excluding hydrogens is 338 g/mol. The Hall–Kier alpha value is -2.61. The molecule has 0 aliphatic rings. The van der Waals surface area contributed by atoms with Crippen LogP contribution in [-0.2, 0) is 6.54 Å². The van der Waals surface area contributed by atoms with Crippen molar-refractivity contribution in [3.63, 3.8) is 0 Å². The van der Waals surface area contributed by atoms with Crippen LogP contribution in [0.3, 0.4) is 0 Å². The molecule has 0 aliphatic heterocycles. The fourth-order valence-corrected chi connectivity index (χ4v) is 2.85. The molecule has 118 valence electrons. The van der Waals surface area contributed by atoms with E-state index in [9.17, 15) is 5.26 Å². The highest BCUT2D eigenvalue weighted by Gasteiger charge is 2.09. The highest BCUT2D eigenvalue weighted by atomic mass is 35.5. The predicted octanol–water partition coefficient (Wildman–Crippen LogP) is 4.54. The van der Waals surface area contributed by atoms with Crippen LogP contribution in [0.5, 0.6) is 0 Å². The predicted molar refractivity (Wildman–Crippen MR) is 103 cm³/mol. The van der Waals surface area contributed by atoms with Crippen LogP contribution < -0.4 is 5.73 Å². The number of nitrogens with zero attached hydrogens (tertiary/aromatic N) is 2. The van der Waals surface area contributed by atoms with Crippen LogP contribution >= 0.6 is 23.8 Å². The minimum absolute atomic E-state index is 0.104. The maximum absolute atomic E-state index is 9.19. The average Bonchev–Trinajstić information content (AvgIpc) is 2.92. The SMILES string of the molecule is N#C/C(=C/c1cn(Cc2ccc(Cl)cc2)c2ccccc12)C(N)=S. The zero-order valence-corrected chi connectivity index (χ0v) is 14.3. The van der Waals surface area contributed by atoms with Gasteiger partial charge < -0.3 is 10.3 Å². The molecule has 5 heteroatoms. The number of thiocarbonyl (C=S) groups is 1. The van der Waals surface area contributed by atoms with Gasteiger partial charge in [-0.3, -0.25) is 0 Å². The van der Waals surface area contributed by atoms with Crippen molar-refractivity contribution in [2.24, 2.45) is 5.73 Å². The van der Waals surface area contributed by atoms with Gasteiger partial charge in [-0.05, 0) is 29.8 Å². The van der Waals surface area contributed by atoms with Gasteiger partial charge in [0, 0.05) is 34.2 Å². The van der Waals surface area contributed by atoms with E-state index in [0.717, 1.165) is 27.1 Å². The van der Waals surface area contributed by atoms with Gasteiger partial charge in [0.15, 0.2) is 0 Å². The first kappa shape index (κ1) is 16.3. The Kier molecular flexibility index (Phi) is 4.66. The molecular formula is C19H14ClN3S. The van der Waals surface area contributed by atoms with Crippen molar-refractivity contribution in [1.82, 2.24) is 4.57 Å². The van der Waals surface area contributed by atoms with Gasteiger partial charge in [-0.1, -0.05) is 54.2 Å². The summed E-state index contributed by atoms with van der Waals surface area (Å²) < 4.78 is 2.14. The number of aromatic nitrogens is 1. The number of hydrogen-bond acceptors (Lipinski definition) is 2. The number of nitrogens with two attached hydrogens (primary N) is 1. The van der Waals surface area contributed by atoms with Crippen molar-refractivity contribution in [2.75, 3.05) is 0 Å². The fraction of sp³-hybridized carbons (Fsp3) is 0.0526. The van der Waals surface area contributed by atoms with Gasteiger partial charge in [-0.15, -0.1) is 0 Å². The van der Waals surface area contributed by atoms with E-state index in [0.29, 0.717) is 12.1 Å². The third-order valence-electron chi connectivity index (χ3n) is 3.77. The second kappa shape index (κ2) is 6.88. The number of halogens is 1. The highest BCUT2D eigenvalue weighted by molar-refractivity contribution is 7.80. The van der Waals surface area contributed by atoms with Crippen molar-refractivity contribution in [3.05, 3.63) is 76.5 Å². The topological polar surface area (TPSA) is 54.7 Å². The van der Waals surface area contributed by atoms with Crippen molar-refractivity contribution in [1.29, 1.82) is 5.26 Å². The lowest BCUT2D eigenvalue weighted by molar-refractivity contribution is 0.836. The second-order valence-electron chi connectivity index (χ2n) is 5.39. The van der Waals surface area contributed by atoms with Gasteiger partial charge in [-0.2, -0.15) is 5.26 Å². The molecule has 1 heterocycles. The first-order valence-electron chi connectivity index (χ1n) is 7.32. The van der Waals surface area contributed by atoms with Crippen LogP contribution in [0, 0.1) is 11.3 Å². The van der Waals surface area contributed by atoms with Crippen LogP contribution in [0.25, 0.3) is 17.0 Å². The zero-order chi connectivity index (χ0) is 17.1. The third-order valence-corrected chi connectivity index (χ3v) is 4.24. The van der Waals surface area contributed by atoms with E-state index in [1.54, 1.807) is 6.08 Å². The van der Waals surface area contributed by atoms with Gasteiger partial charge in [0.05, 0.1) is 5.57 Å². The molecule has 2 aromatic carbocycles. The van der Waals surface area contributed by atoms with Gasteiger partial charge in [0.25, 0.3) is 0 Å². The fourth-order valence-electron chi connectivity index (χ4n) is 2.62. The summed E-state index contributed by atoms with van der Waals surface area (Å²) in [5, 5.41) is 11.0. The van der Waals surface area contributed by atoms with Gasteiger partial charge >= 0.3 is 0 Å². The molecule has 0 unspecified atom stereocenters. The van der Waals surface area contributed by atoms with Crippen molar-refractivity contribution >= 4 is 45.8 Å². The summed E-state index contributed by atoms with van der Waals surface area (Å²) in [6.07, 6.45) is 3.75. The summed E-state index contributed by atoms with van der Waals surface area (Å²) in [5.74, 6) is 0. The smallest absolute Gasteiger partial charge is 0.114 e. The molecule has 2 N–H and O–H groups in total. The Morgan fingerprint density at radius 2 is 1.92 bits per heavy atom. The van der Waals surface area contributed by atoms with Crippen LogP contribution in [0.4, 0.5) is 0 Å². The Labute approximate surface area is 150 Å². The molecule has 0 saturated carbocycles. The monoisotopic (exact) mass is 351 g/mol. The number of rotatable bonds is 4. The largest absolute Gasteiger partial charge is 0.389 e. The molecule has 0 bridgehead atoms. The van der Waals surface area contributed by atoms with Crippen LogP contribution in [-0.4, -0.2) is 9.56 Å². The second-order valence-corrected chi connectivity index (χ2v) is 6.27. The summed E-state index contributed by atoms with van der Waals surface area (Å²) in [6, 6.07) is 17.9. The number of para-hydroxylation sites is 1. The molecule has 3 rings (SSSR count). The van der Waals surface area contributed by atoms with Gasteiger partial charge in [0.2, 0.25) is 0 Å². The minimum Gasteiger partial charge on any atom is -0.389 e. The molecule has 0 saturated heterocycles. The van der Waals surface area contributed by atoms with E-state index in [2.05, 4.69) is 16.7 Å². The molecule has 0 spiro atoms. The van der Waals surface area contributed by atoms with Gasteiger partial charge in [-0.25, -0.2) is 0 Å². The van der Waals surface area contributed by atoms with E-state index < -0.39 is 0 Å². The first-order chi connectivity index (χ1) is 11.6.